The summed E-state index contributed by atoms with van der Waals surface area (Å²) in [5.74, 6) is 0.971. The van der Waals surface area contributed by atoms with E-state index in [2.05, 4.69) is 22.0 Å². The summed E-state index contributed by atoms with van der Waals surface area (Å²) >= 11 is 0. The van der Waals surface area contributed by atoms with Gasteiger partial charge in [-0.2, -0.15) is 0 Å². The Kier molecular flexibility index (Phi) is 2.83. The molecule has 0 saturated carbocycles. The molecule has 0 spiro atoms. The van der Waals surface area contributed by atoms with Crippen LogP contribution in [-0.4, -0.2) is 25.1 Å². The van der Waals surface area contributed by atoms with Gasteiger partial charge in [-0.15, -0.1) is 0 Å². The molecule has 1 aromatic carbocycles. The maximum absolute atomic E-state index is 5.51. The molecule has 2 aromatic rings. The summed E-state index contributed by atoms with van der Waals surface area (Å²) in [6.45, 7) is 1.47. The number of rotatable bonds is 3. The Labute approximate surface area is 89.5 Å². The highest BCUT2D eigenvalue weighted by atomic mass is 15.2. The standard InChI is InChI=1S/C12H15N3/c1-15(9-8-13)12-7-6-10-4-2-3-5-11(10)14-12/h2-7H,8-9,13H2,1H3. The average molecular weight is 201 g/mol. The van der Waals surface area contributed by atoms with E-state index in [0.29, 0.717) is 6.54 Å². The molecule has 0 aliphatic rings. The smallest absolute Gasteiger partial charge is 0.129 e. The number of benzene rings is 1. The highest BCUT2D eigenvalue weighted by Gasteiger charge is 2.01. The normalized spacial score (nSPS) is 10.5. The van der Waals surface area contributed by atoms with Crippen LogP contribution in [0.4, 0.5) is 5.82 Å². The quantitative estimate of drug-likeness (QED) is 0.820. The molecule has 78 valence electrons. The summed E-state index contributed by atoms with van der Waals surface area (Å²) in [7, 11) is 2.00. The Bertz CT molecular complexity index is 453. The summed E-state index contributed by atoms with van der Waals surface area (Å²) in [5.41, 5.74) is 6.54. The Balaban J connectivity index is 2.38. The third-order valence-corrected chi connectivity index (χ3v) is 2.44. The van der Waals surface area contributed by atoms with E-state index in [-0.39, 0.29) is 0 Å². The largest absolute Gasteiger partial charge is 0.358 e. The number of aromatic nitrogens is 1. The number of nitrogens with two attached hydrogens (primary N) is 1. The van der Waals surface area contributed by atoms with Gasteiger partial charge in [-0.3, -0.25) is 0 Å². The first-order valence-electron chi connectivity index (χ1n) is 5.08. The van der Waals surface area contributed by atoms with Crippen molar-refractivity contribution >= 4 is 16.7 Å². The Hall–Kier alpha value is -1.61. The monoisotopic (exact) mass is 201 g/mol. The van der Waals surface area contributed by atoms with Crippen molar-refractivity contribution in [2.75, 3.05) is 25.0 Å². The van der Waals surface area contributed by atoms with Crippen LogP contribution in [0.15, 0.2) is 36.4 Å². The number of nitrogens with zero attached hydrogens (tertiary/aromatic N) is 2. The lowest BCUT2D eigenvalue weighted by Gasteiger charge is -2.17. The van der Waals surface area contributed by atoms with E-state index < -0.39 is 0 Å². The maximum Gasteiger partial charge on any atom is 0.129 e. The van der Waals surface area contributed by atoms with Gasteiger partial charge in [0.25, 0.3) is 0 Å². The first-order valence-corrected chi connectivity index (χ1v) is 5.08. The molecule has 1 aromatic heterocycles. The van der Waals surface area contributed by atoms with Crippen LogP contribution in [0.2, 0.25) is 0 Å². The zero-order chi connectivity index (χ0) is 10.7. The van der Waals surface area contributed by atoms with Gasteiger partial charge in [-0.1, -0.05) is 18.2 Å². The molecular formula is C12H15N3. The van der Waals surface area contributed by atoms with E-state index in [1.165, 1.54) is 5.39 Å². The second-order valence-corrected chi connectivity index (χ2v) is 3.57. The van der Waals surface area contributed by atoms with E-state index >= 15 is 0 Å². The van der Waals surface area contributed by atoms with Crippen molar-refractivity contribution in [1.82, 2.24) is 4.98 Å². The third kappa shape index (κ3) is 2.07. The van der Waals surface area contributed by atoms with Crippen molar-refractivity contribution in [3.63, 3.8) is 0 Å². The number of likely N-dealkylation sites (N-methyl/N-ethyl adjacent to an activating group) is 1. The van der Waals surface area contributed by atoms with E-state index in [1.54, 1.807) is 0 Å². The zero-order valence-corrected chi connectivity index (χ0v) is 8.85. The zero-order valence-electron chi connectivity index (χ0n) is 8.85. The summed E-state index contributed by atoms with van der Waals surface area (Å²) in [4.78, 5) is 6.63. The van der Waals surface area contributed by atoms with Gasteiger partial charge in [0.2, 0.25) is 0 Å². The Morgan fingerprint density at radius 2 is 2.00 bits per heavy atom. The van der Waals surface area contributed by atoms with Crippen LogP contribution in [-0.2, 0) is 0 Å². The van der Waals surface area contributed by atoms with E-state index in [9.17, 15) is 0 Å². The lowest BCUT2D eigenvalue weighted by atomic mass is 10.2. The molecule has 0 bridgehead atoms. The van der Waals surface area contributed by atoms with Crippen molar-refractivity contribution in [3.8, 4) is 0 Å². The third-order valence-electron chi connectivity index (χ3n) is 2.44. The molecule has 0 aliphatic heterocycles. The van der Waals surface area contributed by atoms with Crippen LogP contribution in [0.5, 0.6) is 0 Å². The number of hydrogen-bond acceptors (Lipinski definition) is 3. The fraction of sp³-hybridized carbons (Fsp3) is 0.250. The molecule has 0 fully saturated rings. The predicted octanol–water partition coefficient (Wildman–Crippen LogP) is 1.63. The molecule has 2 N–H and O–H groups in total. The molecule has 3 nitrogen and oxygen atoms in total. The fourth-order valence-electron chi connectivity index (χ4n) is 1.58. The van der Waals surface area contributed by atoms with E-state index in [1.807, 2.05) is 31.3 Å². The topological polar surface area (TPSA) is 42.1 Å². The second kappa shape index (κ2) is 4.28. The fourth-order valence-corrected chi connectivity index (χ4v) is 1.58. The molecule has 0 aliphatic carbocycles. The van der Waals surface area contributed by atoms with Crippen molar-refractivity contribution in [1.29, 1.82) is 0 Å². The minimum absolute atomic E-state index is 0.644. The van der Waals surface area contributed by atoms with Crippen LogP contribution in [0.1, 0.15) is 0 Å². The molecule has 3 heteroatoms. The van der Waals surface area contributed by atoms with Gasteiger partial charge < -0.3 is 10.6 Å². The lowest BCUT2D eigenvalue weighted by molar-refractivity contribution is 0.872. The summed E-state index contributed by atoms with van der Waals surface area (Å²) in [5, 5.41) is 1.17. The predicted molar refractivity (Wildman–Crippen MR) is 64.1 cm³/mol. The molecule has 15 heavy (non-hydrogen) atoms. The molecule has 0 atom stereocenters. The van der Waals surface area contributed by atoms with Crippen molar-refractivity contribution in [2.24, 2.45) is 5.73 Å². The van der Waals surface area contributed by atoms with Crippen LogP contribution < -0.4 is 10.6 Å². The van der Waals surface area contributed by atoms with Crippen LogP contribution in [0.3, 0.4) is 0 Å². The number of fused-ring (bicyclic) bond motifs is 1. The highest BCUT2D eigenvalue weighted by molar-refractivity contribution is 5.80. The molecule has 0 amide bonds. The number of pyridine rings is 1. The molecule has 0 saturated heterocycles. The van der Waals surface area contributed by atoms with Crippen molar-refractivity contribution in [3.05, 3.63) is 36.4 Å². The Morgan fingerprint density at radius 3 is 2.80 bits per heavy atom. The van der Waals surface area contributed by atoms with Gasteiger partial charge in [0.1, 0.15) is 5.82 Å². The van der Waals surface area contributed by atoms with Gasteiger partial charge >= 0.3 is 0 Å². The average Bonchev–Trinajstić information content (AvgIpc) is 2.29. The van der Waals surface area contributed by atoms with Gasteiger partial charge in [-0.25, -0.2) is 4.98 Å². The van der Waals surface area contributed by atoms with E-state index in [0.717, 1.165) is 17.9 Å². The van der Waals surface area contributed by atoms with Crippen molar-refractivity contribution in [2.45, 2.75) is 0 Å². The lowest BCUT2D eigenvalue weighted by Crippen LogP contribution is -2.25. The van der Waals surface area contributed by atoms with Gasteiger partial charge in [0.15, 0.2) is 0 Å². The minimum atomic E-state index is 0.644. The van der Waals surface area contributed by atoms with Crippen LogP contribution in [0.25, 0.3) is 10.9 Å². The number of para-hydroxylation sites is 1. The summed E-state index contributed by atoms with van der Waals surface area (Å²) < 4.78 is 0. The van der Waals surface area contributed by atoms with Crippen LogP contribution >= 0.6 is 0 Å². The molecular weight excluding hydrogens is 186 g/mol. The second-order valence-electron chi connectivity index (χ2n) is 3.57. The van der Waals surface area contributed by atoms with E-state index in [4.69, 9.17) is 5.73 Å². The van der Waals surface area contributed by atoms with Crippen LogP contribution in [0, 0.1) is 0 Å². The minimum Gasteiger partial charge on any atom is -0.358 e. The first kappa shape index (κ1) is 9.93. The summed E-state index contributed by atoms with van der Waals surface area (Å²) in [6, 6.07) is 12.2. The number of anilines is 1. The van der Waals surface area contributed by atoms with Gasteiger partial charge in [-0.05, 0) is 18.2 Å². The Morgan fingerprint density at radius 1 is 1.20 bits per heavy atom. The molecule has 1 heterocycles. The van der Waals surface area contributed by atoms with Gasteiger partial charge in [0, 0.05) is 25.5 Å². The highest BCUT2D eigenvalue weighted by Crippen LogP contribution is 2.16. The first-order chi connectivity index (χ1) is 7.31. The molecule has 0 radical (unpaired) electrons. The van der Waals surface area contributed by atoms with Gasteiger partial charge in [0.05, 0.1) is 5.52 Å². The SMILES string of the molecule is CN(CCN)c1ccc2ccccc2n1. The molecule has 0 unspecified atom stereocenters. The summed E-state index contributed by atoms with van der Waals surface area (Å²) in [6.07, 6.45) is 0. The molecule has 2 rings (SSSR count). The maximum atomic E-state index is 5.51. The van der Waals surface area contributed by atoms with Crippen molar-refractivity contribution < 1.29 is 0 Å². The number of hydrogen-bond donors (Lipinski definition) is 1.